The van der Waals surface area contributed by atoms with E-state index in [0.717, 1.165) is 0 Å². The topological polar surface area (TPSA) is 85.4 Å². The highest BCUT2D eigenvalue weighted by Gasteiger charge is 2.10. The monoisotopic (exact) mass is 316 g/mol. The molecule has 0 aliphatic rings. The van der Waals surface area contributed by atoms with Crippen molar-refractivity contribution in [3.05, 3.63) is 36.2 Å². The minimum absolute atomic E-state index is 0.0591. The maximum atomic E-state index is 11.9. The Morgan fingerprint density at radius 1 is 1.13 bits per heavy atom. The van der Waals surface area contributed by atoms with Crippen LogP contribution in [-0.2, 0) is 0 Å². The molecular formula is C16H20N4O3. The lowest BCUT2D eigenvalue weighted by molar-refractivity contribution is 0.0942. The number of nitrogens with zero attached hydrogens (tertiary/aromatic N) is 2. The second kappa shape index (κ2) is 7.44. The SMILES string of the molecule is COc1ccc(Nc2ncc(C(=O)NC(C)C)cn2)c(OC)c1. The van der Waals surface area contributed by atoms with Gasteiger partial charge in [-0.3, -0.25) is 4.79 Å². The summed E-state index contributed by atoms with van der Waals surface area (Å²) < 4.78 is 10.5. The summed E-state index contributed by atoms with van der Waals surface area (Å²) in [6, 6.07) is 5.42. The van der Waals surface area contributed by atoms with E-state index in [9.17, 15) is 4.79 Å². The number of hydrogen-bond acceptors (Lipinski definition) is 6. The normalized spacial score (nSPS) is 10.3. The van der Waals surface area contributed by atoms with Crippen molar-refractivity contribution in [3.8, 4) is 11.5 Å². The molecule has 0 atom stereocenters. The van der Waals surface area contributed by atoms with Gasteiger partial charge in [-0.25, -0.2) is 9.97 Å². The number of hydrogen-bond donors (Lipinski definition) is 2. The first kappa shape index (κ1) is 16.5. The van der Waals surface area contributed by atoms with Gasteiger partial charge in [-0.2, -0.15) is 0 Å². The van der Waals surface area contributed by atoms with E-state index in [4.69, 9.17) is 9.47 Å². The first-order valence-electron chi connectivity index (χ1n) is 7.15. The number of anilines is 2. The lowest BCUT2D eigenvalue weighted by atomic mass is 10.2. The van der Waals surface area contributed by atoms with Crippen molar-refractivity contribution in [1.82, 2.24) is 15.3 Å². The molecule has 7 heteroatoms. The van der Waals surface area contributed by atoms with Gasteiger partial charge in [0.15, 0.2) is 0 Å². The Morgan fingerprint density at radius 2 is 1.83 bits per heavy atom. The van der Waals surface area contributed by atoms with Crippen LogP contribution in [0, 0.1) is 0 Å². The predicted molar refractivity (Wildman–Crippen MR) is 87.5 cm³/mol. The zero-order valence-electron chi connectivity index (χ0n) is 13.6. The minimum Gasteiger partial charge on any atom is -0.497 e. The number of benzene rings is 1. The molecular weight excluding hydrogens is 296 g/mol. The molecule has 1 aromatic carbocycles. The van der Waals surface area contributed by atoms with Gasteiger partial charge in [0, 0.05) is 24.5 Å². The van der Waals surface area contributed by atoms with E-state index in [1.165, 1.54) is 12.4 Å². The highest BCUT2D eigenvalue weighted by molar-refractivity contribution is 5.93. The minimum atomic E-state index is -0.200. The Morgan fingerprint density at radius 3 is 2.39 bits per heavy atom. The Kier molecular flexibility index (Phi) is 5.35. The van der Waals surface area contributed by atoms with Crippen molar-refractivity contribution in [3.63, 3.8) is 0 Å². The van der Waals surface area contributed by atoms with Gasteiger partial charge in [0.2, 0.25) is 5.95 Å². The third-order valence-corrected chi connectivity index (χ3v) is 2.99. The summed E-state index contributed by atoms with van der Waals surface area (Å²) in [5, 5.41) is 5.83. The Labute approximate surface area is 135 Å². The molecule has 0 aliphatic heterocycles. The molecule has 0 spiro atoms. The Balaban J connectivity index is 2.13. The van der Waals surface area contributed by atoms with Gasteiger partial charge in [-0.05, 0) is 26.0 Å². The van der Waals surface area contributed by atoms with Crippen LogP contribution in [-0.4, -0.2) is 36.1 Å². The molecule has 2 aromatic rings. The highest BCUT2D eigenvalue weighted by atomic mass is 16.5. The molecule has 0 bridgehead atoms. The number of carbonyl (C=O) groups excluding carboxylic acids is 1. The summed E-state index contributed by atoms with van der Waals surface area (Å²) in [4.78, 5) is 20.2. The van der Waals surface area contributed by atoms with Crippen molar-refractivity contribution in [1.29, 1.82) is 0 Å². The third kappa shape index (κ3) is 4.32. The van der Waals surface area contributed by atoms with Crippen LogP contribution in [0.2, 0.25) is 0 Å². The summed E-state index contributed by atoms with van der Waals surface area (Å²) in [6.07, 6.45) is 2.95. The van der Waals surface area contributed by atoms with E-state index in [-0.39, 0.29) is 11.9 Å². The van der Waals surface area contributed by atoms with Crippen LogP contribution >= 0.6 is 0 Å². The second-order valence-corrected chi connectivity index (χ2v) is 5.11. The maximum Gasteiger partial charge on any atom is 0.254 e. The average Bonchev–Trinajstić information content (AvgIpc) is 2.55. The molecule has 2 rings (SSSR count). The van der Waals surface area contributed by atoms with E-state index in [1.807, 2.05) is 13.8 Å². The molecule has 1 amide bonds. The molecule has 0 unspecified atom stereocenters. The van der Waals surface area contributed by atoms with Gasteiger partial charge < -0.3 is 20.1 Å². The summed E-state index contributed by atoms with van der Waals surface area (Å²) in [5.74, 6) is 1.46. The highest BCUT2D eigenvalue weighted by Crippen LogP contribution is 2.30. The van der Waals surface area contributed by atoms with E-state index in [1.54, 1.807) is 32.4 Å². The lowest BCUT2D eigenvalue weighted by Gasteiger charge is -2.12. The molecule has 0 saturated heterocycles. The van der Waals surface area contributed by atoms with Crippen LogP contribution in [0.25, 0.3) is 0 Å². The van der Waals surface area contributed by atoms with Crippen LogP contribution in [0.5, 0.6) is 11.5 Å². The van der Waals surface area contributed by atoms with Crippen LogP contribution in [0.3, 0.4) is 0 Å². The number of carbonyl (C=O) groups is 1. The van der Waals surface area contributed by atoms with Gasteiger partial charge in [0.25, 0.3) is 5.91 Å². The molecule has 0 fully saturated rings. The van der Waals surface area contributed by atoms with Gasteiger partial charge in [-0.1, -0.05) is 0 Å². The molecule has 122 valence electrons. The van der Waals surface area contributed by atoms with Gasteiger partial charge >= 0.3 is 0 Å². The van der Waals surface area contributed by atoms with Crippen LogP contribution in [0.15, 0.2) is 30.6 Å². The molecule has 2 N–H and O–H groups in total. The van der Waals surface area contributed by atoms with Crippen LogP contribution < -0.4 is 20.1 Å². The van der Waals surface area contributed by atoms with Crippen LogP contribution in [0.1, 0.15) is 24.2 Å². The summed E-state index contributed by atoms with van der Waals surface area (Å²) in [5.41, 5.74) is 1.11. The molecule has 7 nitrogen and oxygen atoms in total. The average molecular weight is 316 g/mol. The molecule has 1 heterocycles. The summed E-state index contributed by atoms with van der Waals surface area (Å²) in [6.45, 7) is 3.79. The number of aromatic nitrogens is 2. The fourth-order valence-electron chi connectivity index (χ4n) is 1.88. The zero-order chi connectivity index (χ0) is 16.8. The van der Waals surface area contributed by atoms with E-state index in [0.29, 0.717) is 28.7 Å². The fourth-order valence-corrected chi connectivity index (χ4v) is 1.88. The number of nitrogens with one attached hydrogen (secondary N) is 2. The van der Waals surface area contributed by atoms with Gasteiger partial charge in [0.1, 0.15) is 11.5 Å². The Hall–Kier alpha value is -2.83. The zero-order valence-corrected chi connectivity index (χ0v) is 13.6. The van der Waals surface area contributed by atoms with E-state index < -0.39 is 0 Å². The van der Waals surface area contributed by atoms with Gasteiger partial charge in [0.05, 0.1) is 25.5 Å². The van der Waals surface area contributed by atoms with Crippen molar-refractivity contribution >= 4 is 17.5 Å². The number of rotatable bonds is 6. The largest absolute Gasteiger partial charge is 0.497 e. The van der Waals surface area contributed by atoms with Crippen molar-refractivity contribution in [2.24, 2.45) is 0 Å². The molecule has 23 heavy (non-hydrogen) atoms. The quantitative estimate of drug-likeness (QED) is 0.851. The van der Waals surface area contributed by atoms with Crippen molar-refractivity contribution in [2.75, 3.05) is 19.5 Å². The third-order valence-electron chi connectivity index (χ3n) is 2.99. The molecule has 0 radical (unpaired) electrons. The number of amides is 1. The molecule has 0 aliphatic carbocycles. The molecule has 0 saturated carbocycles. The summed E-state index contributed by atoms with van der Waals surface area (Å²) >= 11 is 0. The molecule has 1 aromatic heterocycles. The standard InChI is InChI=1S/C16H20N4O3/c1-10(2)19-15(21)11-8-17-16(18-9-11)20-13-6-5-12(22-3)7-14(13)23-4/h5-10H,1-4H3,(H,19,21)(H,17,18,20). The Bertz CT molecular complexity index is 672. The van der Waals surface area contributed by atoms with E-state index in [2.05, 4.69) is 20.6 Å². The van der Waals surface area contributed by atoms with E-state index >= 15 is 0 Å². The number of methoxy groups -OCH3 is 2. The van der Waals surface area contributed by atoms with Crippen molar-refractivity contribution in [2.45, 2.75) is 19.9 Å². The fraction of sp³-hybridized carbons (Fsp3) is 0.312. The second-order valence-electron chi connectivity index (χ2n) is 5.11. The summed E-state index contributed by atoms with van der Waals surface area (Å²) in [7, 11) is 3.16. The lowest BCUT2D eigenvalue weighted by Crippen LogP contribution is -2.30. The van der Waals surface area contributed by atoms with Crippen LogP contribution in [0.4, 0.5) is 11.6 Å². The maximum absolute atomic E-state index is 11.9. The predicted octanol–water partition coefficient (Wildman–Crippen LogP) is 2.38. The van der Waals surface area contributed by atoms with Gasteiger partial charge in [-0.15, -0.1) is 0 Å². The smallest absolute Gasteiger partial charge is 0.254 e. The first-order valence-corrected chi connectivity index (χ1v) is 7.15. The van der Waals surface area contributed by atoms with Crippen molar-refractivity contribution < 1.29 is 14.3 Å². The first-order chi connectivity index (χ1) is 11.0. The number of ether oxygens (including phenoxy) is 2.